The molecule has 1 fully saturated rings. The van der Waals surface area contributed by atoms with Gasteiger partial charge in [0.15, 0.2) is 5.17 Å². The van der Waals surface area contributed by atoms with E-state index in [1.54, 1.807) is 14.2 Å². The second-order valence-electron chi connectivity index (χ2n) is 7.52. The Hall–Kier alpha value is -3.45. The van der Waals surface area contributed by atoms with Gasteiger partial charge in [-0.05, 0) is 92.2 Å². The zero-order valence-electron chi connectivity index (χ0n) is 18.7. The molecule has 0 bridgehead atoms. The van der Waals surface area contributed by atoms with Crippen molar-refractivity contribution in [1.29, 1.82) is 0 Å². The molecule has 32 heavy (non-hydrogen) atoms. The van der Waals surface area contributed by atoms with Crippen molar-refractivity contribution < 1.29 is 14.3 Å². The van der Waals surface area contributed by atoms with Gasteiger partial charge in [0, 0.05) is 17.1 Å². The molecule has 3 aromatic rings. The summed E-state index contributed by atoms with van der Waals surface area (Å²) in [7, 11) is 3.26. The van der Waals surface area contributed by atoms with Crippen LogP contribution in [0.5, 0.6) is 11.5 Å². The molecule has 2 aromatic carbocycles. The van der Waals surface area contributed by atoms with Crippen molar-refractivity contribution >= 4 is 34.6 Å². The van der Waals surface area contributed by atoms with Gasteiger partial charge >= 0.3 is 0 Å². The van der Waals surface area contributed by atoms with Gasteiger partial charge in [-0.1, -0.05) is 6.07 Å². The quantitative estimate of drug-likeness (QED) is 0.538. The first-order valence-corrected chi connectivity index (χ1v) is 11.0. The molecule has 0 saturated carbocycles. The van der Waals surface area contributed by atoms with E-state index in [0.717, 1.165) is 34.0 Å². The summed E-state index contributed by atoms with van der Waals surface area (Å²) >= 11 is 1.33. The summed E-state index contributed by atoms with van der Waals surface area (Å²) in [5, 5.41) is 3.39. The topological polar surface area (TPSA) is 64.8 Å². The first-order chi connectivity index (χ1) is 15.4. The molecule has 0 spiro atoms. The molecule has 0 radical (unpaired) electrons. The second kappa shape index (κ2) is 8.96. The van der Waals surface area contributed by atoms with Gasteiger partial charge < -0.3 is 19.4 Å². The van der Waals surface area contributed by atoms with Crippen LogP contribution in [0, 0.1) is 20.8 Å². The molecule has 1 aromatic heterocycles. The number of aryl methyl sites for hydroxylation is 2. The molecule has 1 N–H and O–H groups in total. The molecule has 0 unspecified atom stereocenters. The van der Waals surface area contributed by atoms with Crippen molar-refractivity contribution in [3.8, 4) is 17.2 Å². The number of hydrogen-bond donors (Lipinski definition) is 1. The van der Waals surface area contributed by atoms with Crippen LogP contribution in [0.3, 0.4) is 0 Å². The van der Waals surface area contributed by atoms with Crippen molar-refractivity contribution in [3.05, 3.63) is 76.0 Å². The summed E-state index contributed by atoms with van der Waals surface area (Å²) in [5.41, 5.74) is 5.93. The number of nitrogens with zero attached hydrogens (tertiary/aromatic N) is 2. The molecular weight excluding hydrogens is 422 g/mol. The number of amidine groups is 1. The van der Waals surface area contributed by atoms with Crippen LogP contribution in [-0.4, -0.2) is 29.9 Å². The number of amides is 1. The van der Waals surface area contributed by atoms with E-state index in [1.165, 1.54) is 11.8 Å². The Balaban J connectivity index is 1.64. The number of thioether (sulfide) groups is 1. The normalized spacial score (nSPS) is 16.0. The fraction of sp³-hybridized carbons (Fsp3) is 0.200. The third-order valence-corrected chi connectivity index (χ3v) is 6.20. The van der Waals surface area contributed by atoms with Crippen LogP contribution in [0.2, 0.25) is 0 Å². The Kier molecular flexibility index (Phi) is 6.10. The highest BCUT2D eigenvalue weighted by Gasteiger charge is 2.25. The lowest BCUT2D eigenvalue weighted by Crippen LogP contribution is -2.19. The molecule has 0 atom stereocenters. The fourth-order valence-electron chi connectivity index (χ4n) is 3.68. The smallest absolute Gasteiger partial charge is 0.264 e. The largest absolute Gasteiger partial charge is 0.497 e. The highest BCUT2D eigenvalue weighted by molar-refractivity contribution is 8.18. The minimum absolute atomic E-state index is 0.158. The molecule has 1 amide bonds. The fourth-order valence-corrected chi connectivity index (χ4v) is 4.51. The van der Waals surface area contributed by atoms with Crippen LogP contribution in [0.4, 0.5) is 5.69 Å². The Morgan fingerprint density at radius 2 is 1.75 bits per heavy atom. The van der Waals surface area contributed by atoms with Crippen LogP contribution in [0.1, 0.15) is 22.5 Å². The van der Waals surface area contributed by atoms with Crippen molar-refractivity contribution in [2.75, 3.05) is 14.2 Å². The van der Waals surface area contributed by atoms with Crippen LogP contribution >= 0.6 is 11.8 Å². The van der Waals surface area contributed by atoms with E-state index < -0.39 is 0 Å². The highest BCUT2D eigenvalue weighted by atomic mass is 32.2. The summed E-state index contributed by atoms with van der Waals surface area (Å²) in [4.78, 5) is 17.8. The number of ether oxygens (including phenoxy) is 2. The second-order valence-corrected chi connectivity index (χ2v) is 8.55. The molecule has 1 aliphatic rings. The lowest BCUT2D eigenvalue weighted by molar-refractivity contribution is -0.115. The van der Waals surface area contributed by atoms with Crippen molar-refractivity contribution in [1.82, 2.24) is 9.88 Å². The van der Waals surface area contributed by atoms with Gasteiger partial charge in [0.05, 0.1) is 19.1 Å². The van der Waals surface area contributed by atoms with Crippen LogP contribution in [0.25, 0.3) is 11.8 Å². The summed E-state index contributed by atoms with van der Waals surface area (Å²) in [6.07, 6.45) is 1.92. The lowest BCUT2D eigenvalue weighted by Gasteiger charge is -2.10. The molecule has 7 heteroatoms. The van der Waals surface area contributed by atoms with Crippen LogP contribution in [0.15, 0.2) is 58.4 Å². The van der Waals surface area contributed by atoms with Crippen molar-refractivity contribution in [3.63, 3.8) is 0 Å². The number of aromatic nitrogens is 1. The average molecular weight is 448 g/mol. The van der Waals surface area contributed by atoms with E-state index in [4.69, 9.17) is 9.47 Å². The van der Waals surface area contributed by atoms with E-state index in [-0.39, 0.29) is 5.91 Å². The van der Waals surface area contributed by atoms with Gasteiger partial charge in [-0.2, -0.15) is 0 Å². The third-order valence-electron chi connectivity index (χ3n) is 5.29. The number of rotatable bonds is 5. The van der Waals surface area contributed by atoms with Crippen LogP contribution in [-0.2, 0) is 4.79 Å². The number of benzene rings is 2. The van der Waals surface area contributed by atoms with E-state index >= 15 is 0 Å². The number of carbonyl (C=O) groups is 1. The van der Waals surface area contributed by atoms with Gasteiger partial charge in [0.1, 0.15) is 17.2 Å². The predicted octanol–water partition coefficient (Wildman–Crippen LogP) is 5.31. The van der Waals surface area contributed by atoms with Crippen molar-refractivity contribution in [2.45, 2.75) is 20.8 Å². The molecule has 4 rings (SSSR count). The Labute approximate surface area is 192 Å². The zero-order chi connectivity index (χ0) is 22.8. The molecule has 164 valence electrons. The van der Waals surface area contributed by atoms with Gasteiger partial charge in [-0.15, -0.1) is 0 Å². The zero-order valence-corrected chi connectivity index (χ0v) is 19.5. The summed E-state index contributed by atoms with van der Waals surface area (Å²) < 4.78 is 12.8. The first-order valence-electron chi connectivity index (χ1n) is 10.2. The Bertz CT molecular complexity index is 1240. The van der Waals surface area contributed by atoms with E-state index in [2.05, 4.69) is 27.9 Å². The summed E-state index contributed by atoms with van der Waals surface area (Å²) in [5.74, 6) is 1.32. The molecule has 1 saturated heterocycles. The standard InChI is InChI=1S/C25H25N3O3S/c1-15-6-11-22(31-5)21(12-15)26-25-27-24(29)23(32-25)14-18-13-16(2)28(17(18)3)19-7-9-20(30-4)10-8-19/h6-14H,1-5H3,(H,26,27,29)/b23-14-. The third kappa shape index (κ3) is 4.29. The average Bonchev–Trinajstić information content (AvgIpc) is 3.26. The lowest BCUT2D eigenvalue weighted by atomic mass is 10.2. The monoisotopic (exact) mass is 447 g/mol. The Morgan fingerprint density at radius 1 is 1.00 bits per heavy atom. The number of carbonyl (C=O) groups excluding carboxylic acids is 1. The number of methoxy groups -OCH3 is 2. The van der Waals surface area contributed by atoms with Gasteiger partial charge in [-0.3, -0.25) is 4.79 Å². The SMILES string of the molecule is COc1ccc(-n2c(C)cc(/C=C3\SC(=Nc4cc(C)ccc4OC)NC3=O)c2C)cc1. The number of nitrogens with one attached hydrogen (secondary N) is 1. The summed E-state index contributed by atoms with van der Waals surface area (Å²) in [6.45, 7) is 6.10. The van der Waals surface area contributed by atoms with Gasteiger partial charge in [-0.25, -0.2) is 4.99 Å². The molecule has 1 aliphatic heterocycles. The van der Waals surface area contributed by atoms with E-state index in [9.17, 15) is 4.79 Å². The maximum atomic E-state index is 12.6. The minimum atomic E-state index is -0.158. The molecule has 6 nitrogen and oxygen atoms in total. The van der Waals surface area contributed by atoms with Gasteiger partial charge in [0.2, 0.25) is 0 Å². The Morgan fingerprint density at radius 3 is 2.44 bits per heavy atom. The van der Waals surface area contributed by atoms with E-state index in [0.29, 0.717) is 21.5 Å². The molecule has 0 aliphatic carbocycles. The minimum Gasteiger partial charge on any atom is -0.497 e. The molecule has 2 heterocycles. The maximum absolute atomic E-state index is 12.6. The van der Waals surface area contributed by atoms with Crippen molar-refractivity contribution in [2.24, 2.45) is 4.99 Å². The number of aliphatic imine (C=N–C) groups is 1. The highest BCUT2D eigenvalue weighted by Crippen LogP contribution is 2.34. The van der Waals surface area contributed by atoms with Gasteiger partial charge in [0.25, 0.3) is 5.91 Å². The predicted molar refractivity (Wildman–Crippen MR) is 130 cm³/mol. The first kappa shape index (κ1) is 21.8. The van der Waals surface area contributed by atoms with E-state index in [1.807, 2.05) is 62.4 Å². The number of hydrogen-bond acceptors (Lipinski definition) is 5. The molecular formula is C25H25N3O3S. The van der Waals surface area contributed by atoms with Crippen LogP contribution < -0.4 is 14.8 Å². The summed E-state index contributed by atoms with van der Waals surface area (Å²) in [6, 6.07) is 15.8. The maximum Gasteiger partial charge on any atom is 0.264 e.